The second-order valence-corrected chi connectivity index (χ2v) is 4.80. The quantitative estimate of drug-likeness (QED) is 0.648. The molecule has 104 valence electrons. The van der Waals surface area contributed by atoms with Gasteiger partial charge in [-0.2, -0.15) is 0 Å². The van der Waals surface area contributed by atoms with Crippen molar-refractivity contribution in [3.63, 3.8) is 0 Å². The van der Waals surface area contributed by atoms with Crippen LogP contribution in [0, 0.1) is 0 Å². The predicted octanol–water partition coefficient (Wildman–Crippen LogP) is 3.24. The molecule has 1 aromatic carbocycles. The van der Waals surface area contributed by atoms with E-state index < -0.39 is 11.8 Å². The minimum Gasteiger partial charge on any atom is -0.348 e. The first-order valence-corrected chi connectivity index (χ1v) is 6.85. The van der Waals surface area contributed by atoms with Crippen LogP contribution in [0.3, 0.4) is 0 Å². The van der Waals surface area contributed by atoms with Crippen LogP contribution in [-0.2, 0) is 9.59 Å². The predicted molar refractivity (Wildman–Crippen MR) is 77.6 cm³/mol. The Morgan fingerprint density at radius 3 is 2.58 bits per heavy atom. The summed E-state index contributed by atoms with van der Waals surface area (Å²) in [5, 5.41) is 5.51. The van der Waals surface area contributed by atoms with Gasteiger partial charge in [-0.15, -0.1) is 0 Å². The number of unbranched alkanes of at least 4 members (excludes halogenated alkanes) is 2. The number of hydrogen-bond donors (Lipinski definition) is 2. The van der Waals surface area contributed by atoms with E-state index in [9.17, 15) is 9.59 Å². The van der Waals surface area contributed by atoms with Crippen LogP contribution in [-0.4, -0.2) is 18.4 Å². The van der Waals surface area contributed by atoms with Crippen LogP contribution >= 0.6 is 23.2 Å². The summed E-state index contributed by atoms with van der Waals surface area (Å²) in [6.45, 7) is 2.55. The lowest BCUT2D eigenvalue weighted by Gasteiger charge is -2.08. The van der Waals surface area contributed by atoms with Gasteiger partial charge in [-0.25, -0.2) is 0 Å². The van der Waals surface area contributed by atoms with Gasteiger partial charge in [0.25, 0.3) is 0 Å². The first kappa shape index (κ1) is 15.8. The van der Waals surface area contributed by atoms with Gasteiger partial charge in [-0.3, -0.25) is 9.59 Å². The molecule has 0 aliphatic heterocycles. The molecule has 0 saturated heterocycles. The molecule has 2 amide bonds. The Morgan fingerprint density at radius 2 is 1.89 bits per heavy atom. The van der Waals surface area contributed by atoms with E-state index >= 15 is 0 Å². The highest BCUT2D eigenvalue weighted by atomic mass is 35.5. The topological polar surface area (TPSA) is 58.2 Å². The minimum absolute atomic E-state index is 0.219. The Hall–Kier alpha value is -1.26. The highest BCUT2D eigenvalue weighted by Crippen LogP contribution is 2.29. The van der Waals surface area contributed by atoms with Gasteiger partial charge >= 0.3 is 11.8 Å². The summed E-state index contributed by atoms with van der Waals surface area (Å²) >= 11 is 11.7. The van der Waals surface area contributed by atoms with E-state index in [1.165, 1.54) is 0 Å². The van der Waals surface area contributed by atoms with Gasteiger partial charge < -0.3 is 10.6 Å². The van der Waals surface area contributed by atoms with E-state index in [4.69, 9.17) is 23.2 Å². The number of amides is 2. The second kappa shape index (κ2) is 8.02. The zero-order valence-electron chi connectivity index (χ0n) is 10.6. The molecule has 0 aliphatic carbocycles. The molecule has 0 unspecified atom stereocenters. The monoisotopic (exact) mass is 302 g/mol. The lowest BCUT2D eigenvalue weighted by atomic mass is 10.2. The molecule has 0 aliphatic rings. The molecule has 0 atom stereocenters. The lowest BCUT2D eigenvalue weighted by Crippen LogP contribution is -2.35. The summed E-state index contributed by atoms with van der Waals surface area (Å²) in [5.74, 6) is -1.42. The molecule has 0 radical (unpaired) electrons. The van der Waals surface area contributed by atoms with Gasteiger partial charge in [-0.1, -0.05) is 49.0 Å². The van der Waals surface area contributed by atoms with Crippen LogP contribution in [0.1, 0.15) is 26.2 Å². The number of carbonyl (C=O) groups is 2. The van der Waals surface area contributed by atoms with Gasteiger partial charge in [0.15, 0.2) is 0 Å². The first-order valence-electron chi connectivity index (χ1n) is 6.09. The summed E-state index contributed by atoms with van der Waals surface area (Å²) in [6.07, 6.45) is 2.93. The summed E-state index contributed by atoms with van der Waals surface area (Å²) < 4.78 is 0. The first-order chi connectivity index (χ1) is 9.06. The Labute approximate surface area is 122 Å². The molecular formula is C13H16Cl2N2O2. The minimum atomic E-state index is -0.749. The Kier molecular flexibility index (Phi) is 6.67. The normalized spacial score (nSPS) is 10.1. The zero-order chi connectivity index (χ0) is 14.3. The summed E-state index contributed by atoms with van der Waals surface area (Å²) in [7, 11) is 0. The number of benzene rings is 1. The Balaban J connectivity index is 2.50. The van der Waals surface area contributed by atoms with E-state index in [1.54, 1.807) is 18.2 Å². The molecule has 0 aromatic heterocycles. The van der Waals surface area contributed by atoms with Crippen LogP contribution in [0.2, 0.25) is 10.0 Å². The van der Waals surface area contributed by atoms with Gasteiger partial charge in [0.05, 0.1) is 15.7 Å². The molecule has 0 spiro atoms. The van der Waals surface area contributed by atoms with Crippen molar-refractivity contribution in [3.05, 3.63) is 28.2 Å². The summed E-state index contributed by atoms with van der Waals surface area (Å²) in [6, 6.07) is 4.82. The number of rotatable bonds is 5. The fourth-order valence-electron chi connectivity index (χ4n) is 1.44. The maximum Gasteiger partial charge on any atom is 0.313 e. The average molecular weight is 303 g/mol. The van der Waals surface area contributed by atoms with E-state index in [1.807, 2.05) is 0 Å². The molecule has 19 heavy (non-hydrogen) atoms. The van der Waals surface area contributed by atoms with Crippen LogP contribution < -0.4 is 10.6 Å². The highest BCUT2D eigenvalue weighted by Gasteiger charge is 2.15. The van der Waals surface area contributed by atoms with Crippen molar-refractivity contribution in [3.8, 4) is 0 Å². The number of halogens is 2. The van der Waals surface area contributed by atoms with Gasteiger partial charge in [0.2, 0.25) is 0 Å². The van der Waals surface area contributed by atoms with Gasteiger partial charge in [0.1, 0.15) is 0 Å². The second-order valence-electron chi connectivity index (χ2n) is 4.02. The standard InChI is InChI=1S/C13H16Cl2N2O2/c1-2-3-4-8-16-12(18)13(19)17-10-7-5-6-9(14)11(10)15/h5-7H,2-4,8H2,1H3,(H,16,18)(H,17,19). The van der Waals surface area contributed by atoms with Crippen LogP contribution in [0.5, 0.6) is 0 Å². The third kappa shape index (κ3) is 5.09. The number of carbonyl (C=O) groups excluding carboxylic acids is 2. The van der Waals surface area contributed by atoms with Crippen molar-refractivity contribution in [1.29, 1.82) is 0 Å². The van der Waals surface area contributed by atoms with Crippen molar-refractivity contribution in [1.82, 2.24) is 5.32 Å². The van der Waals surface area contributed by atoms with E-state index in [2.05, 4.69) is 17.6 Å². The van der Waals surface area contributed by atoms with Crippen molar-refractivity contribution < 1.29 is 9.59 Å². The summed E-state index contributed by atoms with van der Waals surface area (Å²) in [5.41, 5.74) is 0.322. The molecule has 4 nitrogen and oxygen atoms in total. The molecule has 1 aromatic rings. The molecule has 0 fully saturated rings. The van der Waals surface area contributed by atoms with E-state index in [0.717, 1.165) is 19.3 Å². The number of nitrogens with one attached hydrogen (secondary N) is 2. The largest absolute Gasteiger partial charge is 0.348 e. The van der Waals surface area contributed by atoms with Crippen LogP contribution in [0.15, 0.2) is 18.2 Å². The van der Waals surface area contributed by atoms with Crippen molar-refractivity contribution >= 4 is 40.7 Å². The summed E-state index contributed by atoms with van der Waals surface area (Å²) in [4.78, 5) is 23.1. The zero-order valence-corrected chi connectivity index (χ0v) is 12.1. The van der Waals surface area contributed by atoms with Crippen molar-refractivity contribution in [2.45, 2.75) is 26.2 Å². The van der Waals surface area contributed by atoms with Gasteiger partial charge in [0, 0.05) is 6.54 Å². The van der Waals surface area contributed by atoms with Gasteiger partial charge in [-0.05, 0) is 18.6 Å². The fraction of sp³-hybridized carbons (Fsp3) is 0.385. The SMILES string of the molecule is CCCCCNC(=O)C(=O)Nc1cccc(Cl)c1Cl. The molecule has 2 N–H and O–H groups in total. The van der Waals surface area contributed by atoms with Crippen molar-refractivity contribution in [2.24, 2.45) is 0 Å². The highest BCUT2D eigenvalue weighted by molar-refractivity contribution is 6.45. The smallest absolute Gasteiger partial charge is 0.313 e. The molecule has 0 heterocycles. The number of hydrogen-bond acceptors (Lipinski definition) is 2. The third-order valence-electron chi connectivity index (χ3n) is 2.47. The van der Waals surface area contributed by atoms with Crippen molar-refractivity contribution in [2.75, 3.05) is 11.9 Å². The maximum atomic E-state index is 11.6. The Bertz CT molecular complexity index is 464. The van der Waals surface area contributed by atoms with E-state index in [-0.39, 0.29) is 5.02 Å². The fourth-order valence-corrected chi connectivity index (χ4v) is 1.78. The molecule has 1 rings (SSSR count). The molecule has 6 heteroatoms. The molecule has 0 saturated carbocycles. The molecule has 0 bridgehead atoms. The van der Waals surface area contributed by atoms with E-state index in [0.29, 0.717) is 17.3 Å². The Morgan fingerprint density at radius 1 is 1.16 bits per heavy atom. The lowest BCUT2D eigenvalue weighted by molar-refractivity contribution is -0.136. The third-order valence-corrected chi connectivity index (χ3v) is 3.29. The maximum absolute atomic E-state index is 11.6. The van der Waals surface area contributed by atoms with Crippen LogP contribution in [0.4, 0.5) is 5.69 Å². The molecular weight excluding hydrogens is 287 g/mol. The van der Waals surface area contributed by atoms with Crippen LogP contribution in [0.25, 0.3) is 0 Å². The average Bonchev–Trinajstić information content (AvgIpc) is 2.39. The number of anilines is 1.